The number of ether oxygens (including phenoxy) is 3. The number of carbonyl (C=O) groups is 3. The van der Waals surface area contributed by atoms with Gasteiger partial charge >= 0.3 is 18.1 Å². The first-order chi connectivity index (χ1) is 6.91. The van der Waals surface area contributed by atoms with Crippen molar-refractivity contribution in [1.82, 2.24) is 0 Å². The van der Waals surface area contributed by atoms with Crippen LogP contribution in [0, 0.1) is 0 Å². The molecule has 7 heteroatoms. The van der Waals surface area contributed by atoms with E-state index in [2.05, 4.69) is 14.2 Å². The van der Waals surface area contributed by atoms with Gasteiger partial charge in [0.05, 0.1) is 6.10 Å². The molecule has 0 unspecified atom stereocenters. The van der Waals surface area contributed by atoms with Crippen molar-refractivity contribution >= 4 is 18.1 Å². The van der Waals surface area contributed by atoms with Gasteiger partial charge < -0.3 is 19.3 Å². The Morgan fingerprint density at radius 1 is 1.20 bits per heavy atom. The standard InChI is InChI=1S/C8H12O7/c1-5(2)15-8(12)14-4-13-7(11)3-6(9)10/h5H,3-4H2,1-2H3,(H,9,10). The molecule has 0 heterocycles. The highest BCUT2D eigenvalue weighted by molar-refractivity contribution is 5.90. The topological polar surface area (TPSA) is 99.1 Å². The fraction of sp³-hybridized carbons (Fsp3) is 0.625. The molecule has 0 aliphatic rings. The van der Waals surface area contributed by atoms with E-state index in [-0.39, 0.29) is 6.10 Å². The molecule has 0 fully saturated rings. The molecule has 1 N–H and O–H groups in total. The number of carboxylic acid groups (broad SMARTS) is 1. The molecule has 0 aliphatic carbocycles. The molecule has 0 aromatic carbocycles. The lowest BCUT2D eigenvalue weighted by Crippen LogP contribution is -2.18. The van der Waals surface area contributed by atoms with Crippen molar-refractivity contribution in [3.8, 4) is 0 Å². The maximum absolute atomic E-state index is 10.7. The molecule has 7 nitrogen and oxygen atoms in total. The third-order valence-corrected chi connectivity index (χ3v) is 1.02. The second kappa shape index (κ2) is 6.63. The van der Waals surface area contributed by atoms with Gasteiger partial charge in [-0.25, -0.2) is 4.79 Å². The Morgan fingerprint density at radius 3 is 2.27 bits per heavy atom. The van der Waals surface area contributed by atoms with Crippen molar-refractivity contribution in [1.29, 1.82) is 0 Å². The van der Waals surface area contributed by atoms with E-state index < -0.39 is 31.3 Å². The van der Waals surface area contributed by atoms with Crippen LogP contribution in [-0.4, -0.2) is 36.1 Å². The number of carbonyl (C=O) groups excluding carboxylic acids is 2. The monoisotopic (exact) mass is 220 g/mol. The van der Waals surface area contributed by atoms with Gasteiger partial charge in [-0.05, 0) is 13.8 Å². The van der Waals surface area contributed by atoms with E-state index in [1.807, 2.05) is 0 Å². The number of hydrogen-bond acceptors (Lipinski definition) is 6. The highest BCUT2D eigenvalue weighted by atomic mass is 16.8. The molecular formula is C8H12O7. The molecule has 0 rings (SSSR count). The lowest BCUT2D eigenvalue weighted by Gasteiger charge is -2.08. The quantitative estimate of drug-likeness (QED) is 0.409. The minimum atomic E-state index is -1.32. The van der Waals surface area contributed by atoms with Crippen LogP contribution in [0.2, 0.25) is 0 Å². The SMILES string of the molecule is CC(C)OC(=O)OCOC(=O)CC(=O)O. The summed E-state index contributed by atoms with van der Waals surface area (Å²) in [4.78, 5) is 31.3. The van der Waals surface area contributed by atoms with E-state index in [0.29, 0.717) is 0 Å². The summed E-state index contributed by atoms with van der Waals surface area (Å²) in [6.45, 7) is 2.59. The average Bonchev–Trinajstić information content (AvgIpc) is 2.00. The molecule has 0 saturated heterocycles. The fourth-order valence-corrected chi connectivity index (χ4v) is 0.544. The molecule has 0 aromatic heterocycles. The maximum atomic E-state index is 10.7. The molecule has 0 saturated carbocycles. The van der Waals surface area contributed by atoms with Crippen molar-refractivity contribution in [3.63, 3.8) is 0 Å². The summed E-state index contributed by atoms with van der Waals surface area (Å²) >= 11 is 0. The fourth-order valence-electron chi connectivity index (χ4n) is 0.544. The van der Waals surface area contributed by atoms with Crippen LogP contribution in [0.4, 0.5) is 4.79 Å². The van der Waals surface area contributed by atoms with Gasteiger partial charge in [0.15, 0.2) is 0 Å². The Bertz CT molecular complexity index is 245. The lowest BCUT2D eigenvalue weighted by molar-refractivity contribution is -0.158. The Labute approximate surface area is 85.9 Å². The molecule has 15 heavy (non-hydrogen) atoms. The normalized spacial score (nSPS) is 9.53. The van der Waals surface area contributed by atoms with Crippen molar-refractivity contribution in [2.24, 2.45) is 0 Å². The maximum Gasteiger partial charge on any atom is 0.511 e. The molecule has 0 radical (unpaired) electrons. The van der Waals surface area contributed by atoms with Crippen LogP contribution in [0.3, 0.4) is 0 Å². The van der Waals surface area contributed by atoms with Crippen LogP contribution < -0.4 is 0 Å². The summed E-state index contributed by atoms with van der Waals surface area (Å²) in [5.74, 6) is -2.30. The van der Waals surface area contributed by atoms with Crippen molar-refractivity contribution in [3.05, 3.63) is 0 Å². The Kier molecular flexibility index (Phi) is 5.84. The predicted octanol–water partition coefficient (Wildman–Crippen LogP) is 0.523. The predicted molar refractivity (Wildman–Crippen MR) is 45.9 cm³/mol. The van der Waals surface area contributed by atoms with E-state index in [4.69, 9.17) is 5.11 Å². The van der Waals surface area contributed by atoms with Crippen LogP contribution in [-0.2, 0) is 23.8 Å². The Balaban J connectivity index is 3.57. The number of rotatable bonds is 5. The molecule has 0 aliphatic heterocycles. The zero-order chi connectivity index (χ0) is 11.8. The number of carboxylic acids is 1. The zero-order valence-corrected chi connectivity index (χ0v) is 8.39. The largest absolute Gasteiger partial charge is 0.511 e. The lowest BCUT2D eigenvalue weighted by atomic mass is 10.4. The summed E-state index contributed by atoms with van der Waals surface area (Å²) in [5, 5.41) is 8.18. The van der Waals surface area contributed by atoms with Crippen LogP contribution in [0.1, 0.15) is 20.3 Å². The van der Waals surface area contributed by atoms with E-state index in [9.17, 15) is 14.4 Å². The minimum Gasteiger partial charge on any atom is -0.481 e. The van der Waals surface area contributed by atoms with Crippen LogP contribution in [0.5, 0.6) is 0 Å². The second-order valence-corrected chi connectivity index (χ2v) is 2.77. The molecular weight excluding hydrogens is 208 g/mol. The molecule has 86 valence electrons. The van der Waals surface area contributed by atoms with Crippen molar-refractivity contribution in [2.75, 3.05) is 6.79 Å². The van der Waals surface area contributed by atoms with Gasteiger partial charge in [-0.15, -0.1) is 0 Å². The third-order valence-electron chi connectivity index (χ3n) is 1.02. The van der Waals surface area contributed by atoms with Gasteiger partial charge in [0, 0.05) is 0 Å². The van der Waals surface area contributed by atoms with Gasteiger partial charge in [-0.1, -0.05) is 0 Å². The van der Waals surface area contributed by atoms with Crippen LogP contribution >= 0.6 is 0 Å². The van der Waals surface area contributed by atoms with Crippen LogP contribution in [0.25, 0.3) is 0 Å². The van der Waals surface area contributed by atoms with Gasteiger partial charge in [-0.3, -0.25) is 9.59 Å². The van der Waals surface area contributed by atoms with Crippen molar-refractivity contribution < 1.29 is 33.7 Å². The van der Waals surface area contributed by atoms with E-state index in [0.717, 1.165) is 0 Å². The molecule has 0 aromatic rings. The summed E-state index contributed by atoms with van der Waals surface area (Å²) in [7, 11) is 0. The van der Waals surface area contributed by atoms with E-state index >= 15 is 0 Å². The third kappa shape index (κ3) is 8.54. The second-order valence-electron chi connectivity index (χ2n) is 2.77. The van der Waals surface area contributed by atoms with Gasteiger partial charge in [0.1, 0.15) is 6.42 Å². The summed E-state index contributed by atoms with van der Waals surface area (Å²) in [6, 6.07) is 0. The number of esters is 1. The van der Waals surface area contributed by atoms with E-state index in [1.165, 1.54) is 0 Å². The van der Waals surface area contributed by atoms with Crippen LogP contribution in [0.15, 0.2) is 0 Å². The minimum absolute atomic E-state index is 0.341. The molecule has 0 amide bonds. The van der Waals surface area contributed by atoms with Gasteiger partial charge in [0.25, 0.3) is 0 Å². The van der Waals surface area contributed by atoms with Gasteiger partial charge in [0.2, 0.25) is 6.79 Å². The first-order valence-electron chi connectivity index (χ1n) is 4.12. The Hall–Kier alpha value is -1.79. The van der Waals surface area contributed by atoms with E-state index in [1.54, 1.807) is 13.8 Å². The molecule has 0 bridgehead atoms. The van der Waals surface area contributed by atoms with Crippen molar-refractivity contribution in [2.45, 2.75) is 26.4 Å². The summed E-state index contributed by atoms with van der Waals surface area (Å²) in [6.07, 6.45) is -2.09. The average molecular weight is 220 g/mol. The summed E-state index contributed by atoms with van der Waals surface area (Å²) in [5.41, 5.74) is 0. The Morgan fingerprint density at radius 2 is 1.80 bits per heavy atom. The highest BCUT2D eigenvalue weighted by Crippen LogP contribution is 1.94. The zero-order valence-electron chi connectivity index (χ0n) is 8.39. The number of aliphatic carboxylic acids is 1. The highest BCUT2D eigenvalue weighted by Gasteiger charge is 2.11. The first-order valence-corrected chi connectivity index (χ1v) is 4.12. The summed E-state index contributed by atoms with van der Waals surface area (Å²) < 4.78 is 13.1. The molecule has 0 atom stereocenters. The first kappa shape index (κ1) is 13.2. The van der Waals surface area contributed by atoms with Gasteiger partial charge in [-0.2, -0.15) is 0 Å². The molecule has 0 spiro atoms. The number of hydrogen-bond donors (Lipinski definition) is 1. The smallest absolute Gasteiger partial charge is 0.481 e.